The smallest absolute Gasteiger partial charge is 0.159 e. The Morgan fingerprint density at radius 3 is 2.76 bits per heavy atom. The summed E-state index contributed by atoms with van der Waals surface area (Å²) in [6, 6.07) is 8.10. The van der Waals surface area contributed by atoms with Gasteiger partial charge in [0.15, 0.2) is 17.1 Å². The average Bonchev–Trinajstić information content (AvgIpc) is 2.81. The third-order valence-corrected chi connectivity index (χ3v) is 3.49. The second kappa shape index (κ2) is 5.06. The van der Waals surface area contributed by atoms with E-state index in [0.29, 0.717) is 6.42 Å². The van der Waals surface area contributed by atoms with Crippen molar-refractivity contribution in [2.45, 2.75) is 12.5 Å². The van der Waals surface area contributed by atoms with Crippen LogP contribution in [-0.4, -0.2) is 24.7 Å². The maximum Gasteiger partial charge on any atom is 0.159 e. The lowest BCUT2D eigenvalue weighted by atomic mass is 10.1. The van der Waals surface area contributed by atoms with Gasteiger partial charge >= 0.3 is 0 Å². The van der Waals surface area contributed by atoms with Crippen LogP contribution in [0.1, 0.15) is 17.4 Å². The van der Waals surface area contributed by atoms with Crippen LogP contribution in [-0.2, 0) is 13.5 Å². The second-order valence-electron chi connectivity index (χ2n) is 5.01. The first-order chi connectivity index (χ1) is 10.1. The van der Waals surface area contributed by atoms with Gasteiger partial charge in [-0.2, -0.15) is 0 Å². The number of benzene rings is 1. The molecule has 1 aromatic carbocycles. The number of rotatable bonds is 3. The molecule has 4 N–H and O–H groups in total. The van der Waals surface area contributed by atoms with Crippen molar-refractivity contribution >= 4 is 11.2 Å². The molecule has 6 heteroatoms. The van der Waals surface area contributed by atoms with Crippen molar-refractivity contribution in [2.75, 3.05) is 0 Å². The normalized spacial score (nSPS) is 12.7. The molecule has 0 aliphatic heterocycles. The van der Waals surface area contributed by atoms with Crippen molar-refractivity contribution in [1.29, 1.82) is 0 Å². The van der Waals surface area contributed by atoms with E-state index >= 15 is 0 Å². The molecule has 0 saturated heterocycles. The predicted octanol–water partition coefficient (Wildman–Crippen LogP) is 1.62. The number of fused-ring (bicyclic) bond motifs is 1. The van der Waals surface area contributed by atoms with Gasteiger partial charge in [-0.05, 0) is 36.2 Å². The molecular weight excluding hydrogens is 268 g/mol. The lowest BCUT2D eigenvalue weighted by Crippen LogP contribution is -2.18. The molecule has 2 heterocycles. The third-order valence-electron chi connectivity index (χ3n) is 3.49. The topological polar surface area (TPSA) is 97.2 Å². The van der Waals surface area contributed by atoms with E-state index < -0.39 is 0 Å². The van der Waals surface area contributed by atoms with E-state index in [9.17, 15) is 10.2 Å². The lowest BCUT2D eigenvalue weighted by Gasteiger charge is -2.12. The Morgan fingerprint density at radius 1 is 1.24 bits per heavy atom. The first-order valence-electron chi connectivity index (χ1n) is 6.60. The Morgan fingerprint density at radius 2 is 2.05 bits per heavy atom. The molecule has 0 amide bonds. The van der Waals surface area contributed by atoms with Crippen molar-refractivity contribution in [3.63, 3.8) is 0 Å². The van der Waals surface area contributed by atoms with Gasteiger partial charge in [0.2, 0.25) is 0 Å². The molecule has 0 saturated carbocycles. The highest BCUT2D eigenvalue weighted by Crippen LogP contribution is 2.27. The minimum Gasteiger partial charge on any atom is -0.504 e. The summed E-state index contributed by atoms with van der Waals surface area (Å²) >= 11 is 0. The number of aryl methyl sites for hydroxylation is 1. The number of hydrogen-bond acceptors (Lipinski definition) is 5. The molecule has 1 unspecified atom stereocenters. The van der Waals surface area contributed by atoms with Gasteiger partial charge in [-0.1, -0.05) is 6.07 Å². The summed E-state index contributed by atoms with van der Waals surface area (Å²) in [7, 11) is 1.88. The molecule has 108 valence electrons. The van der Waals surface area contributed by atoms with Crippen LogP contribution < -0.4 is 5.73 Å². The summed E-state index contributed by atoms with van der Waals surface area (Å²) in [6.07, 6.45) is 2.22. The average molecular weight is 284 g/mol. The number of imidazole rings is 1. The van der Waals surface area contributed by atoms with Crippen LogP contribution in [0.2, 0.25) is 0 Å². The Kier molecular flexibility index (Phi) is 3.23. The Bertz CT molecular complexity index is 797. The SMILES string of the molecule is Cn1c(C(N)Cc2ccc(O)c(O)c2)nc2cccnc21. The number of aromatic nitrogens is 3. The number of phenolic OH excluding ortho intramolecular Hbond substituents is 2. The molecular formula is C15H16N4O2. The summed E-state index contributed by atoms with van der Waals surface area (Å²) in [5, 5.41) is 18.9. The Hall–Kier alpha value is -2.60. The number of hydrogen-bond donors (Lipinski definition) is 3. The quantitative estimate of drug-likeness (QED) is 0.635. The van der Waals surface area contributed by atoms with E-state index in [1.54, 1.807) is 12.3 Å². The van der Waals surface area contributed by atoms with Gasteiger partial charge in [-0.15, -0.1) is 0 Å². The summed E-state index contributed by atoms with van der Waals surface area (Å²) < 4.78 is 1.88. The molecule has 0 aliphatic carbocycles. The number of nitrogens with zero attached hydrogens (tertiary/aromatic N) is 3. The third kappa shape index (κ3) is 2.41. The van der Waals surface area contributed by atoms with E-state index in [1.165, 1.54) is 12.1 Å². The second-order valence-corrected chi connectivity index (χ2v) is 5.01. The van der Waals surface area contributed by atoms with Gasteiger partial charge in [0.25, 0.3) is 0 Å². The Labute approximate surface area is 121 Å². The summed E-state index contributed by atoms with van der Waals surface area (Å²) in [4.78, 5) is 8.80. The van der Waals surface area contributed by atoms with Crippen molar-refractivity contribution in [3.05, 3.63) is 47.9 Å². The molecule has 3 rings (SSSR count). The van der Waals surface area contributed by atoms with Crippen LogP contribution in [0.15, 0.2) is 36.5 Å². The van der Waals surface area contributed by atoms with Gasteiger partial charge < -0.3 is 20.5 Å². The number of pyridine rings is 1. The van der Waals surface area contributed by atoms with Crippen LogP contribution in [0.4, 0.5) is 0 Å². The Balaban J connectivity index is 1.91. The summed E-state index contributed by atoms with van der Waals surface area (Å²) in [5.41, 5.74) is 8.65. The largest absolute Gasteiger partial charge is 0.504 e. The maximum atomic E-state index is 9.53. The number of nitrogens with two attached hydrogens (primary N) is 1. The zero-order chi connectivity index (χ0) is 15.0. The van der Waals surface area contributed by atoms with Gasteiger partial charge in [-0.3, -0.25) is 0 Å². The first-order valence-corrected chi connectivity index (χ1v) is 6.60. The number of aromatic hydroxyl groups is 2. The van der Waals surface area contributed by atoms with Crippen molar-refractivity contribution < 1.29 is 10.2 Å². The fourth-order valence-electron chi connectivity index (χ4n) is 2.41. The minimum atomic E-state index is -0.326. The molecule has 3 aromatic rings. The van der Waals surface area contributed by atoms with Crippen LogP contribution >= 0.6 is 0 Å². The molecule has 0 spiro atoms. The first kappa shape index (κ1) is 13.4. The molecule has 0 fully saturated rings. The minimum absolute atomic E-state index is 0.140. The van der Waals surface area contributed by atoms with E-state index in [1.807, 2.05) is 23.7 Å². The van der Waals surface area contributed by atoms with Crippen molar-refractivity contribution in [3.8, 4) is 11.5 Å². The highest BCUT2D eigenvalue weighted by Gasteiger charge is 2.16. The fourth-order valence-corrected chi connectivity index (χ4v) is 2.41. The highest BCUT2D eigenvalue weighted by molar-refractivity contribution is 5.71. The maximum absolute atomic E-state index is 9.53. The number of phenols is 2. The summed E-state index contributed by atoms with van der Waals surface area (Å²) in [6.45, 7) is 0. The van der Waals surface area contributed by atoms with Crippen LogP contribution in [0, 0.1) is 0 Å². The fraction of sp³-hybridized carbons (Fsp3) is 0.200. The van der Waals surface area contributed by atoms with E-state index in [2.05, 4.69) is 9.97 Å². The van der Waals surface area contributed by atoms with Gasteiger partial charge in [0, 0.05) is 13.2 Å². The molecule has 0 aliphatic rings. The van der Waals surface area contributed by atoms with Crippen LogP contribution in [0.25, 0.3) is 11.2 Å². The molecule has 0 radical (unpaired) electrons. The zero-order valence-electron chi connectivity index (χ0n) is 11.6. The van der Waals surface area contributed by atoms with Crippen molar-refractivity contribution in [1.82, 2.24) is 14.5 Å². The molecule has 2 aromatic heterocycles. The zero-order valence-corrected chi connectivity index (χ0v) is 11.6. The van der Waals surface area contributed by atoms with Crippen LogP contribution in [0.3, 0.4) is 0 Å². The van der Waals surface area contributed by atoms with E-state index in [0.717, 1.165) is 22.6 Å². The van der Waals surface area contributed by atoms with Gasteiger partial charge in [-0.25, -0.2) is 9.97 Å². The summed E-state index contributed by atoms with van der Waals surface area (Å²) in [5.74, 6) is 0.446. The van der Waals surface area contributed by atoms with Crippen molar-refractivity contribution in [2.24, 2.45) is 12.8 Å². The molecule has 1 atom stereocenters. The van der Waals surface area contributed by atoms with E-state index in [4.69, 9.17) is 5.73 Å². The van der Waals surface area contributed by atoms with Gasteiger partial charge in [0.1, 0.15) is 11.3 Å². The molecule has 21 heavy (non-hydrogen) atoms. The lowest BCUT2D eigenvalue weighted by molar-refractivity contribution is 0.403. The highest BCUT2D eigenvalue weighted by atomic mass is 16.3. The predicted molar refractivity (Wildman–Crippen MR) is 78.9 cm³/mol. The molecule has 6 nitrogen and oxygen atoms in total. The molecule has 0 bridgehead atoms. The van der Waals surface area contributed by atoms with E-state index in [-0.39, 0.29) is 17.5 Å². The van der Waals surface area contributed by atoms with Gasteiger partial charge in [0.05, 0.1) is 6.04 Å². The monoisotopic (exact) mass is 284 g/mol. The van der Waals surface area contributed by atoms with Crippen LogP contribution in [0.5, 0.6) is 11.5 Å². The standard InChI is InChI=1S/C15H16N4O2/c1-19-14(18-11-3-2-6-17-15(11)19)10(16)7-9-4-5-12(20)13(21)8-9/h2-6,8,10,20-21H,7,16H2,1H3.